The first-order valence-corrected chi connectivity index (χ1v) is 20.0. The van der Waals surface area contributed by atoms with E-state index in [9.17, 15) is 9.22 Å². The van der Waals surface area contributed by atoms with Gasteiger partial charge in [-0.3, -0.25) is 9.55 Å². The molecule has 4 nitrogen and oxygen atoms in total. The quantitative estimate of drug-likeness (QED) is 0.169. The predicted octanol–water partition coefficient (Wildman–Crippen LogP) is 16.7. The van der Waals surface area contributed by atoms with Gasteiger partial charge < -0.3 is 5.11 Å². The Morgan fingerprint density at radius 1 is 0.552 bits per heavy atom. The van der Waals surface area contributed by atoms with Crippen molar-refractivity contribution in [1.29, 1.82) is 0 Å². The Morgan fingerprint density at radius 2 is 1.18 bits per heavy atom. The molecule has 67 heavy (non-hydrogen) atoms. The van der Waals surface area contributed by atoms with Crippen LogP contribution in [0.15, 0.2) is 133 Å². The van der Waals surface area contributed by atoms with Crippen LogP contribution in [0.3, 0.4) is 0 Å². The van der Waals surface area contributed by atoms with E-state index in [2.05, 4.69) is 11.1 Å². The van der Waals surface area contributed by atoms with E-state index < -0.39 is 219 Å². The summed E-state index contributed by atoms with van der Waals surface area (Å²) < 4.78 is 377. The van der Waals surface area contributed by atoms with E-state index in [1.165, 1.54) is 60.7 Å². The van der Waals surface area contributed by atoms with Gasteiger partial charge in [-0.1, -0.05) is 199 Å². The van der Waals surface area contributed by atoms with Crippen molar-refractivity contribution in [2.24, 2.45) is 0 Å². The minimum absolute atomic E-state index is 0. The molecule has 0 atom stereocenters. The van der Waals surface area contributed by atoms with Crippen LogP contribution in [0.1, 0.15) is 190 Å². The zero-order valence-electron chi connectivity index (χ0n) is 78.8. The zero-order chi connectivity index (χ0) is 83.8. The summed E-state index contributed by atoms with van der Waals surface area (Å²) in [6.07, 6.45) is -1.06. The van der Waals surface area contributed by atoms with Gasteiger partial charge in [-0.15, -0.1) is 29.3 Å². The first kappa shape index (κ1) is 18.4. The number of nitrogens with zero attached hydrogens (tertiary/aromatic N) is 3. The maximum atomic E-state index is 13.2. The molecule has 1 N–H and O–H groups in total. The molecule has 0 aliphatic rings. The second kappa shape index (κ2) is 17.8. The molecule has 0 amide bonds. The van der Waals surface area contributed by atoms with E-state index in [-0.39, 0.29) is 66.0 Å². The van der Waals surface area contributed by atoms with Crippen LogP contribution in [0.5, 0.6) is 5.75 Å². The average molecular weight is 1110 g/mol. The Balaban J connectivity index is 0.0000168. The number of imidazole rings is 1. The largest absolute Gasteiger partial charge is 0.507 e. The normalized spacial score (nSPS) is 24.3. The number of hydrogen-bond acceptors (Lipinski definition) is 3. The number of aromatic hydroxyl groups is 1. The molecule has 2 aromatic heterocycles. The molecule has 0 aliphatic carbocycles. The number of phenolic OH excluding ortho intramolecular Hbond substituents is 1. The number of fused-ring (bicyclic) bond motifs is 1. The predicted molar refractivity (Wildman–Crippen MR) is 280 cm³/mol. The number of rotatable bonds is 6. The first-order valence-electron chi connectivity index (χ1n) is 41.5. The molecule has 8 aromatic rings. The van der Waals surface area contributed by atoms with Crippen LogP contribution >= 0.6 is 0 Å². The van der Waals surface area contributed by atoms with Crippen molar-refractivity contribution < 1.29 is 85.1 Å². The van der Waals surface area contributed by atoms with Gasteiger partial charge in [0.15, 0.2) is 0 Å². The summed E-state index contributed by atoms with van der Waals surface area (Å²) in [7, 11) is 0. The minimum atomic E-state index is -4.49. The number of aromatic nitrogens is 3. The van der Waals surface area contributed by atoms with Crippen LogP contribution in [0, 0.1) is 6.07 Å². The molecule has 0 saturated heterocycles. The fourth-order valence-corrected chi connectivity index (χ4v) is 7.33. The van der Waals surface area contributed by atoms with Crippen LogP contribution in [-0.2, 0) is 48.1 Å². The zero-order valence-corrected chi connectivity index (χ0v) is 38.0. The molecule has 0 unspecified atom stereocenters. The van der Waals surface area contributed by atoms with Crippen molar-refractivity contribution in [3.63, 3.8) is 0 Å². The Labute approximate surface area is 475 Å². The molecule has 0 fully saturated rings. The minimum Gasteiger partial charge on any atom is -0.507 e. The van der Waals surface area contributed by atoms with Gasteiger partial charge in [0.25, 0.3) is 0 Å². The number of hydrogen-bond donors (Lipinski definition) is 1. The second-order valence-electron chi connectivity index (χ2n) is 16.9. The maximum absolute atomic E-state index is 13.2. The van der Waals surface area contributed by atoms with Crippen molar-refractivity contribution in [2.45, 2.75) is 130 Å². The molecular formula is C62H68N3OPt-. The van der Waals surface area contributed by atoms with Gasteiger partial charge in [-0.2, -0.15) is 0 Å². The second-order valence-corrected chi connectivity index (χ2v) is 16.9. The van der Waals surface area contributed by atoms with Gasteiger partial charge >= 0.3 is 0 Å². The number of para-hydroxylation sites is 1. The monoisotopic (exact) mass is 1110 g/mol. The van der Waals surface area contributed by atoms with E-state index in [1.807, 2.05) is 0 Å². The molecule has 6 aromatic carbocycles. The fraction of sp³-hybridized carbons (Fsp3) is 0.323. The topological polar surface area (TPSA) is 50.9 Å². The number of pyridine rings is 1. The van der Waals surface area contributed by atoms with Gasteiger partial charge in [0.1, 0.15) is 11.6 Å². The number of phenols is 1. The van der Waals surface area contributed by atoms with E-state index in [0.29, 0.717) is 6.07 Å². The van der Waals surface area contributed by atoms with Crippen molar-refractivity contribution >= 4 is 11.0 Å². The molecule has 0 bridgehead atoms. The SMILES string of the molecule is [2H]c1nc(-c2[c-]c(-c3cccc4c3nc(-c3cc(C(C([2H])([2H])[2H])(C([2H])([2H])[2H])C([2H])([2H])[2H])cc(C(C([2H])([2H])[2H])(C([2H])([2H])[2H])C([2H])([2H])[2H])c3O)n4-c3ccc(C(C([2H])([2H])[2H])(C([2H])([2H])[2H])C([2H])([2H])[2H])cc3-c3ccccc3)cc(C(C)(C)C)c2)c([2H])c(-c2c([2H])c([2H])c(C(C([2H])([2H])[2H])(C([2H])([2H])[2H])C([2H])([2H])[2H])c([2H])c2[2H])c1[2H].[Pt]. The summed E-state index contributed by atoms with van der Waals surface area (Å²) >= 11 is 0. The Bertz CT molecular complexity index is 4700. The van der Waals surface area contributed by atoms with Gasteiger partial charge in [-0.05, 0) is 90.8 Å². The molecule has 5 heteroatoms. The molecule has 0 radical (unpaired) electrons. The molecular weight excluding hydrogens is 998 g/mol. The van der Waals surface area contributed by atoms with Gasteiger partial charge in [0.05, 0.1) is 31.9 Å². The molecule has 0 spiro atoms. The van der Waals surface area contributed by atoms with Crippen molar-refractivity contribution in [3.05, 3.63) is 167 Å². The van der Waals surface area contributed by atoms with E-state index in [1.54, 1.807) is 20.8 Å². The smallest absolute Gasteiger partial charge is 0.148 e. The summed E-state index contributed by atoms with van der Waals surface area (Å²) in [6.45, 7) is -45.6. The fourth-order valence-electron chi connectivity index (χ4n) is 7.33. The van der Waals surface area contributed by atoms with Gasteiger partial charge in [0.2, 0.25) is 0 Å². The van der Waals surface area contributed by atoms with Crippen molar-refractivity contribution in [2.75, 3.05) is 0 Å². The molecule has 8 rings (SSSR count). The van der Waals surface area contributed by atoms with Gasteiger partial charge in [0, 0.05) is 93.4 Å². The summed E-state index contributed by atoms with van der Waals surface area (Å²) in [5, 5.41) is 13.2. The molecule has 0 saturated carbocycles. The third kappa shape index (κ3) is 10.0. The van der Waals surface area contributed by atoms with Crippen molar-refractivity contribution in [1.82, 2.24) is 14.5 Å². The van der Waals surface area contributed by atoms with Crippen LogP contribution < -0.4 is 0 Å². The van der Waals surface area contributed by atoms with Crippen LogP contribution in [-0.4, -0.2) is 19.6 Å². The third-order valence-electron chi connectivity index (χ3n) is 10.8. The first-order chi connectivity index (χ1) is 48.7. The van der Waals surface area contributed by atoms with Gasteiger partial charge in [-0.25, -0.2) is 4.98 Å². The summed E-state index contributed by atoms with van der Waals surface area (Å²) in [4.78, 5) is 9.12. The Kier molecular flexibility index (Phi) is 4.89. The third-order valence-corrected chi connectivity index (χ3v) is 10.8. The summed E-state index contributed by atoms with van der Waals surface area (Å²) in [5.74, 6) is -2.74. The van der Waals surface area contributed by atoms with Crippen LogP contribution in [0.2, 0.25) is 0 Å². The summed E-state index contributed by atoms with van der Waals surface area (Å²) in [6, 6.07) is 11.8. The van der Waals surface area contributed by atoms with Crippen LogP contribution in [0.25, 0.3) is 72.7 Å². The van der Waals surface area contributed by atoms with E-state index in [0.717, 1.165) is 22.8 Å². The van der Waals surface area contributed by atoms with E-state index in [4.69, 9.17) is 59.8 Å². The molecule has 2 heterocycles. The maximum Gasteiger partial charge on any atom is 0.148 e. The number of benzene rings is 6. The van der Waals surface area contributed by atoms with Crippen molar-refractivity contribution in [3.8, 4) is 67.5 Å². The Hall–Kier alpha value is -5.57. The van der Waals surface area contributed by atoms with Crippen LogP contribution in [0.4, 0.5) is 0 Å². The Morgan fingerprint density at radius 3 is 1.85 bits per heavy atom. The summed E-state index contributed by atoms with van der Waals surface area (Å²) in [5.41, 5.74) is -29.7. The standard InChI is InChI=1S/C62H68N3O.Pt/c1-58(2,3)44-26-24-39(25-27-44)41-30-31-63-52(35-41)43-32-42(33-46(34-43)60(7,8)9)48-22-19-23-54-55(48)64-57(50-37-47(61(10,11)12)38-51(56(50)66)62(13,14)15)65(54)53-29-28-45(59(4,5)6)36-49(53)40-20-17-16-18-21-40;/h16-31,33-38,66H,1-15H3;/q-1;/i1D3,2D3,3D3,4D3,5D3,6D3,10D3,11D3,12D3,13D3,14D3,15D3,24D,25D,26D,27D,30D,31D,35D;. The molecule has 348 valence electrons. The van der Waals surface area contributed by atoms with E-state index >= 15 is 0 Å². The molecule has 0 aliphatic heterocycles. The average Bonchev–Trinajstić information content (AvgIpc) is 0.869.